The highest BCUT2D eigenvalue weighted by molar-refractivity contribution is 5.30. The normalized spacial score (nSPS) is 15.4. The minimum Gasteiger partial charge on any atom is -0.264 e. The second-order valence-electron chi connectivity index (χ2n) is 7.27. The standard InChI is InChI=1S/C21H25N5/c1-2-6-17(7-3-1)15-26-16-20(24-25-26)12-21(18-8-4-10-22-13-18)19-9-5-11-23-14-19/h4-5,8-11,13-14,16-17,21H,1-3,6-7,12,15H2. The van der Waals surface area contributed by atoms with Crippen molar-refractivity contribution in [3.05, 3.63) is 72.1 Å². The van der Waals surface area contributed by atoms with Crippen molar-refractivity contribution in [1.82, 2.24) is 25.0 Å². The van der Waals surface area contributed by atoms with E-state index in [4.69, 9.17) is 0 Å². The summed E-state index contributed by atoms with van der Waals surface area (Å²) in [5.74, 6) is 0.947. The topological polar surface area (TPSA) is 56.5 Å². The van der Waals surface area contributed by atoms with E-state index in [-0.39, 0.29) is 5.92 Å². The molecular formula is C21H25N5. The van der Waals surface area contributed by atoms with Gasteiger partial charge in [-0.15, -0.1) is 5.10 Å². The van der Waals surface area contributed by atoms with E-state index in [0.29, 0.717) is 0 Å². The van der Waals surface area contributed by atoms with E-state index in [1.54, 1.807) is 0 Å². The van der Waals surface area contributed by atoms with Gasteiger partial charge in [0.1, 0.15) is 0 Å². The average molecular weight is 347 g/mol. The first-order valence-electron chi connectivity index (χ1n) is 9.57. The van der Waals surface area contributed by atoms with Crippen LogP contribution in [0.15, 0.2) is 55.2 Å². The fourth-order valence-corrected chi connectivity index (χ4v) is 3.96. The van der Waals surface area contributed by atoms with Gasteiger partial charge in [-0.3, -0.25) is 14.6 Å². The van der Waals surface area contributed by atoms with Crippen LogP contribution in [-0.2, 0) is 13.0 Å². The van der Waals surface area contributed by atoms with Gasteiger partial charge in [0, 0.05) is 49.9 Å². The number of nitrogens with zero attached hydrogens (tertiary/aromatic N) is 5. The van der Waals surface area contributed by atoms with Crippen molar-refractivity contribution in [3.8, 4) is 0 Å². The van der Waals surface area contributed by atoms with Crippen molar-refractivity contribution in [2.24, 2.45) is 5.92 Å². The maximum absolute atomic E-state index is 4.44. The zero-order valence-electron chi connectivity index (χ0n) is 15.0. The summed E-state index contributed by atoms with van der Waals surface area (Å²) in [6.45, 7) is 0.997. The van der Waals surface area contributed by atoms with Crippen molar-refractivity contribution >= 4 is 0 Å². The SMILES string of the molecule is c1cncc(C(Cc2cn(CC3CCCCC3)nn2)c2cccnc2)c1. The Morgan fingerprint density at radius 1 is 0.962 bits per heavy atom. The number of rotatable bonds is 6. The summed E-state index contributed by atoms with van der Waals surface area (Å²) in [5.41, 5.74) is 3.39. The first-order valence-corrected chi connectivity index (χ1v) is 9.57. The summed E-state index contributed by atoms with van der Waals surface area (Å²) in [4.78, 5) is 8.59. The van der Waals surface area contributed by atoms with Crippen molar-refractivity contribution < 1.29 is 0 Å². The van der Waals surface area contributed by atoms with Crippen LogP contribution in [0.4, 0.5) is 0 Å². The van der Waals surface area contributed by atoms with E-state index < -0.39 is 0 Å². The van der Waals surface area contributed by atoms with Crippen molar-refractivity contribution in [2.45, 2.75) is 51.0 Å². The van der Waals surface area contributed by atoms with Crippen molar-refractivity contribution in [3.63, 3.8) is 0 Å². The van der Waals surface area contributed by atoms with Crippen LogP contribution in [0.25, 0.3) is 0 Å². The van der Waals surface area contributed by atoms with E-state index in [9.17, 15) is 0 Å². The van der Waals surface area contributed by atoms with Gasteiger partial charge < -0.3 is 0 Å². The first-order chi connectivity index (χ1) is 12.9. The predicted molar refractivity (Wildman–Crippen MR) is 101 cm³/mol. The molecule has 134 valence electrons. The molecule has 1 fully saturated rings. The maximum atomic E-state index is 4.44. The number of hydrogen-bond acceptors (Lipinski definition) is 4. The Labute approximate surface area is 154 Å². The van der Waals surface area contributed by atoms with Crippen LogP contribution in [0, 0.1) is 5.92 Å². The number of hydrogen-bond donors (Lipinski definition) is 0. The Balaban J connectivity index is 1.51. The minimum absolute atomic E-state index is 0.192. The van der Waals surface area contributed by atoms with Crippen LogP contribution in [0.2, 0.25) is 0 Å². The lowest BCUT2D eigenvalue weighted by molar-refractivity contribution is 0.305. The Kier molecular flexibility index (Phi) is 5.33. The minimum atomic E-state index is 0.192. The van der Waals surface area contributed by atoms with Gasteiger partial charge in [0.05, 0.1) is 5.69 Å². The van der Waals surface area contributed by atoms with Gasteiger partial charge in [-0.25, -0.2) is 0 Å². The van der Waals surface area contributed by atoms with E-state index >= 15 is 0 Å². The fourth-order valence-electron chi connectivity index (χ4n) is 3.96. The number of pyridine rings is 2. The Morgan fingerprint density at radius 3 is 2.27 bits per heavy atom. The summed E-state index contributed by atoms with van der Waals surface area (Å²) in [7, 11) is 0. The highest BCUT2D eigenvalue weighted by atomic mass is 15.4. The molecule has 3 aromatic rings. The summed E-state index contributed by atoms with van der Waals surface area (Å²) in [5, 5.41) is 8.83. The zero-order chi connectivity index (χ0) is 17.6. The van der Waals surface area contributed by atoms with Crippen LogP contribution >= 0.6 is 0 Å². The van der Waals surface area contributed by atoms with Gasteiger partial charge in [0.15, 0.2) is 0 Å². The molecule has 26 heavy (non-hydrogen) atoms. The van der Waals surface area contributed by atoms with Crippen LogP contribution in [0.3, 0.4) is 0 Å². The third kappa shape index (κ3) is 4.15. The van der Waals surface area contributed by atoms with Gasteiger partial charge in [0.25, 0.3) is 0 Å². The monoisotopic (exact) mass is 347 g/mol. The molecule has 0 bridgehead atoms. The molecule has 3 heterocycles. The molecule has 0 radical (unpaired) electrons. The third-order valence-electron chi connectivity index (χ3n) is 5.34. The molecule has 0 atom stereocenters. The molecule has 4 rings (SSSR count). The zero-order valence-corrected chi connectivity index (χ0v) is 15.0. The van der Waals surface area contributed by atoms with Crippen molar-refractivity contribution in [1.29, 1.82) is 0 Å². The lowest BCUT2D eigenvalue weighted by atomic mass is 9.89. The van der Waals surface area contributed by atoms with Gasteiger partial charge in [0.2, 0.25) is 0 Å². The van der Waals surface area contributed by atoms with Gasteiger partial charge in [-0.1, -0.05) is 36.6 Å². The molecule has 0 unspecified atom stereocenters. The number of aromatic nitrogens is 5. The molecular weight excluding hydrogens is 322 g/mol. The molecule has 0 spiro atoms. The van der Waals surface area contributed by atoms with Crippen LogP contribution in [0.1, 0.15) is 54.8 Å². The third-order valence-corrected chi connectivity index (χ3v) is 5.34. The van der Waals surface area contributed by atoms with Crippen LogP contribution in [-0.4, -0.2) is 25.0 Å². The van der Waals surface area contributed by atoms with Gasteiger partial charge in [-0.2, -0.15) is 0 Å². The van der Waals surface area contributed by atoms with Crippen LogP contribution in [0.5, 0.6) is 0 Å². The fraction of sp³-hybridized carbons (Fsp3) is 0.429. The molecule has 1 aliphatic carbocycles. The summed E-state index contributed by atoms with van der Waals surface area (Å²) in [6.07, 6.45) is 17.2. The van der Waals surface area contributed by atoms with Gasteiger partial charge in [-0.05, 0) is 42.0 Å². The Hall–Kier alpha value is -2.56. The van der Waals surface area contributed by atoms with Gasteiger partial charge >= 0.3 is 0 Å². The molecule has 3 aromatic heterocycles. The lowest BCUT2D eigenvalue weighted by Gasteiger charge is -2.20. The second kappa shape index (κ2) is 8.21. The predicted octanol–water partition coefficient (Wildman–Crippen LogP) is 4.02. The smallest absolute Gasteiger partial charge is 0.0836 e. The lowest BCUT2D eigenvalue weighted by Crippen LogP contribution is -2.14. The molecule has 0 aliphatic heterocycles. The largest absolute Gasteiger partial charge is 0.264 e. The molecule has 0 amide bonds. The van der Waals surface area contributed by atoms with E-state index in [1.165, 1.54) is 43.2 Å². The van der Waals surface area contributed by atoms with Crippen molar-refractivity contribution in [2.75, 3.05) is 0 Å². The molecule has 0 saturated heterocycles. The second-order valence-corrected chi connectivity index (χ2v) is 7.27. The highest BCUT2D eigenvalue weighted by Gasteiger charge is 2.19. The average Bonchev–Trinajstić information content (AvgIpc) is 3.15. The van der Waals surface area contributed by atoms with E-state index in [0.717, 1.165) is 24.6 Å². The Morgan fingerprint density at radius 2 is 1.65 bits per heavy atom. The summed E-state index contributed by atoms with van der Waals surface area (Å²) >= 11 is 0. The van der Waals surface area contributed by atoms with E-state index in [2.05, 4.69) is 38.6 Å². The molecule has 1 saturated carbocycles. The first kappa shape index (κ1) is 16.9. The molecule has 0 aromatic carbocycles. The molecule has 5 heteroatoms. The summed E-state index contributed by atoms with van der Waals surface area (Å²) in [6, 6.07) is 8.21. The highest BCUT2D eigenvalue weighted by Crippen LogP contribution is 2.28. The van der Waals surface area contributed by atoms with E-state index in [1.807, 2.05) is 41.6 Å². The quantitative estimate of drug-likeness (QED) is 0.676. The summed E-state index contributed by atoms with van der Waals surface area (Å²) < 4.78 is 2.04. The van der Waals surface area contributed by atoms with Crippen LogP contribution < -0.4 is 0 Å². The maximum Gasteiger partial charge on any atom is 0.0836 e. The molecule has 5 nitrogen and oxygen atoms in total. The molecule has 1 aliphatic rings. The molecule has 0 N–H and O–H groups in total. The Bertz CT molecular complexity index is 754.